The number of ether oxygens (including phenoxy) is 1. The van der Waals surface area contributed by atoms with Gasteiger partial charge in [-0.25, -0.2) is 0 Å². The van der Waals surface area contributed by atoms with Gasteiger partial charge in [0.25, 0.3) is 0 Å². The molecule has 0 aliphatic heterocycles. The molecule has 0 aliphatic carbocycles. The molecule has 98 valence electrons. The molecule has 0 N–H and O–H groups in total. The number of carbonyl (C=O) groups excluding carboxylic acids is 1. The van der Waals surface area contributed by atoms with Gasteiger partial charge in [-0.3, -0.25) is 4.79 Å². The highest BCUT2D eigenvalue weighted by Gasteiger charge is 2.09. The summed E-state index contributed by atoms with van der Waals surface area (Å²) >= 11 is 0. The average Bonchev–Trinajstić information content (AvgIpc) is 2.54. The Balaban J connectivity index is 1.98. The Labute approximate surface area is 117 Å². The highest BCUT2D eigenvalue weighted by atomic mass is 16.5. The lowest BCUT2D eigenvalue weighted by Crippen LogP contribution is -2.01. The van der Waals surface area contributed by atoms with Crippen LogP contribution in [0.5, 0.6) is 5.75 Å². The minimum Gasteiger partial charge on any atom is -0.497 e. The zero-order chi connectivity index (χ0) is 13.9. The van der Waals surface area contributed by atoms with Gasteiger partial charge in [0.05, 0.1) is 7.11 Å². The van der Waals surface area contributed by atoms with Gasteiger partial charge in [0.15, 0.2) is 5.78 Å². The van der Waals surface area contributed by atoms with E-state index in [2.05, 4.69) is 0 Å². The topological polar surface area (TPSA) is 26.3 Å². The Kier molecular flexibility index (Phi) is 3.21. The van der Waals surface area contributed by atoms with Crippen LogP contribution in [0.1, 0.15) is 15.9 Å². The summed E-state index contributed by atoms with van der Waals surface area (Å²) in [5, 5.41) is 2.21. The van der Waals surface area contributed by atoms with Crippen LogP contribution in [0.15, 0.2) is 66.7 Å². The van der Waals surface area contributed by atoms with Gasteiger partial charge in [0, 0.05) is 11.1 Å². The first kappa shape index (κ1) is 12.4. The molecule has 0 bridgehead atoms. The zero-order valence-corrected chi connectivity index (χ0v) is 11.2. The van der Waals surface area contributed by atoms with Crippen molar-refractivity contribution < 1.29 is 9.53 Å². The summed E-state index contributed by atoms with van der Waals surface area (Å²) < 4.78 is 5.10. The van der Waals surface area contributed by atoms with Gasteiger partial charge >= 0.3 is 0 Å². The molecule has 3 rings (SSSR count). The van der Waals surface area contributed by atoms with E-state index in [0.29, 0.717) is 11.1 Å². The van der Waals surface area contributed by atoms with Crippen molar-refractivity contribution in [3.05, 3.63) is 77.9 Å². The van der Waals surface area contributed by atoms with Crippen molar-refractivity contribution in [2.24, 2.45) is 0 Å². The molecule has 3 aromatic rings. The number of benzene rings is 3. The number of hydrogen-bond acceptors (Lipinski definition) is 2. The van der Waals surface area contributed by atoms with Crippen LogP contribution in [-0.2, 0) is 0 Å². The van der Waals surface area contributed by atoms with Gasteiger partial charge in [-0.05, 0) is 41.1 Å². The van der Waals surface area contributed by atoms with Crippen molar-refractivity contribution in [1.82, 2.24) is 0 Å². The molecule has 0 radical (unpaired) electrons. The average molecular weight is 262 g/mol. The summed E-state index contributed by atoms with van der Waals surface area (Å²) in [5.74, 6) is 0.776. The van der Waals surface area contributed by atoms with Gasteiger partial charge in [-0.15, -0.1) is 0 Å². The van der Waals surface area contributed by atoms with Gasteiger partial charge in [-0.1, -0.05) is 36.4 Å². The van der Waals surface area contributed by atoms with Crippen molar-refractivity contribution in [3.8, 4) is 5.75 Å². The van der Waals surface area contributed by atoms with Crippen molar-refractivity contribution >= 4 is 16.6 Å². The monoisotopic (exact) mass is 262 g/mol. The van der Waals surface area contributed by atoms with Crippen molar-refractivity contribution in [3.63, 3.8) is 0 Å². The minimum atomic E-state index is 0.0263. The number of rotatable bonds is 3. The molecule has 0 heterocycles. The van der Waals surface area contributed by atoms with Crippen molar-refractivity contribution in [2.45, 2.75) is 0 Å². The van der Waals surface area contributed by atoms with Gasteiger partial charge in [0.1, 0.15) is 5.75 Å². The fraction of sp³-hybridized carbons (Fsp3) is 0.0556. The number of ketones is 1. The molecular formula is C18H14O2. The fourth-order valence-corrected chi connectivity index (χ4v) is 2.24. The van der Waals surface area contributed by atoms with Crippen molar-refractivity contribution in [2.75, 3.05) is 7.11 Å². The van der Waals surface area contributed by atoms with Gasteiger partial charge in [-0.2, -0.15) is 0 Å². The Hall–Kier alpha value is -2.61. The van der Waals surface area contributed by atoms with E-state index in [1.165, 1.54) is 0 Å². The van der Waals surface area contributed by atoms with Gasteiger partial charge < -0.3 is 4.74 Å². The minimum absolute atomic E-state index is 0.0263. The highest BCUT2D eigenvalue weighted by molar-refractivity contribution is 6.10. The highest BCUT2D eigenvalue weighted by Crippen LogP contribution is 2.19. The molecule has 20 heavy (non-hydrogen) atoms. The number of fused-ring (bicyclic) bond motifs is 1. The lowest BCUT2D eigenvalue weighted by Gasteiger charge is -2.05. The second-order valence-corrected chi connectivity index (χ2v) is 4.62. The first-order valence-corrected chi connectivity index (χ1v) is 6.45. The standard InChI is InChI=1S/C18H14O2/c1-20-17-10-8-14(9-11-17)18(19)16-7-6-13-4-2-3-5-15(13)12-16/h2-12H,1H3. The first-order valence-electron chi connectivity index (χ1n) is 6.45. The maximum absolute atomic E-state index is 12.4. The third kappa shape index (κ3) is 2.28. The second kappa shape index (κ2) is 5.17. The Morgan fingerprint density at radius 3 is 2.15 bits per heavy atom. The summed E-state index contributed by atoms with van der Waals surface area (Å²) in [7, 11) is 1.61. The third-order valence-electron chi connectivity index (χ3n) is 3.36. The predicted octanol–water partition coefficient (Wildman–Crippen LogP) is 4.08. The van der Waals surface area contributed by atoms with Crippen LogP contribution in [-0.4, -0.2) is 12.9 Å². The van der Waals surface area contributed by atoms with Crippen LogP contribution in [0.25, 0.3) is 10.8 Å². The molecule has 0 amide bonds. The summed E-state index contributed by atoms with van der Waals surface area (Å²) in [6.45, 7) is 0. The molecule has 0 atom stereocenters. The largest absolute Gasteiger partial charge is 0.497 e. The van der Waals surface area contributed by atoms with E-state index in [0.717, 1.165) is 16.5 Å². The number of carbonyl (C=O) groups is 1. The molecule has 0 aromatic heterocycles. The molecule has 2 heteroatoms. The maximum atomic E-state index is 12.4. The smallest absolute Gasteiger partial charge is 0.193 e. The summed E-state index contributed by atoms with van der Waals surface area (Å²) in [4.78, 5) is 12.4. The van der Waals surface area contributed by atoms with Crippen LogP contribution in [0, 0.1) is 0 Å². The molecule has 3 aromatic carbocycles. The summed E-state index contributed by atoms with van der Waals surface area (Å²) in [5.41, 5.74) is 1.37. The van der Waals surface area contributed by atoms with Crippen LogP contribution in [0.4, 0.5) is 0 Å². The maximum Gasteiger partial charge on any atom is 0.193 e. The molecule has 0 saturated heterocycles. The molecule has 2 nitrogen and oxygen atoms in total. The first-order chi connectivity index (χ1) is 9.78. The summed E-state index contributed by atoms with van der Waals surface area (Å²) in [6, 6.07) is 21.0. The second-order valence-electron chi connectivity index (χ2n) is 4.62. The van der Waals surface area contributed by atoms with Crippen LogP contribution in [0.2, 0.25) is 0 Å². The zero-order valence-electron chi connectivity index (χ0n) is 11.2. The Morgan fingerprint density at radius 2 is 1.45 bits per heavy atom. The molecule has 0 saturated carbocycles. The Bertz CT molecular complexity index is 758. The number of methoxy groups -OCH3 is 1. The molecule has 0 spiro atoms. The Morgan fingerprint density at radius 1 is 0.800 bits per heavy atom. The lowest BCUT2D eigenvalue weighted by atomic mass is 10.00. The van der Waals surface area contributed by atoms with Gasteiger partial charge in [0.2, 0.25) is 0 Å². The predicted molar refractivity (Wildman–Crippen MR) is 80.4 cm³/mol. The fourth-order valence-electron chi connectivity index (χ4n) is 2.24. The van der Waals surface area contributed by atoms with E-state index in [1.54, 1.807) is 31.4 Å². The molecule has 0 aliphatic rings. The molecule has 0 fully saturated rings. The van der Waals surface area contributed by atoms with Crippen LogP contribution >= 0.6 is 0 Å². The quantitative estimate of drug-likeness (QED) is 0.665. The molecular weight excluding hydrogens is 248 g/mol. The SMILES string of the molecule is COc1ccc(C(=O)c2ccc3ccccc3c2)cc1. The molecule has 0 unspecified atom stereocenters. The van der Waals surface area contributed by atoms with E-state index in [4.69, 9.17) is 4.74 Å². The van der Waals surface area contributed by atoms with E-state index >= 15 is 0 Å². The van der Waals surface area contributed by atoms with Crippen molar-refractivity contribution in [1.29, 1.82) is 0 Å². The van der Waals surface area contributed by atoms with Crippen LogP contribution in [0.3, 0.4) is 0 Å². The normalized spacial score (nSPS) is 10.4. The van der Waals surface area contributed by atoms with Crippen LogP contribution < -0.4 is 4.74 Å². The van der Waals surface area contributed by atoms with E-state index in [9.17, 15) is 4.79 Å². The van der Waals surface area contributed by atoms with E-state index < -0.39 is 0 Å². The van der Waals surface area contributed by atoms with E-state index in [1.807, 2.05) is 42.5 Å². The lowest BCUT2D eigenvalue weighted by molar-refractivity contribution is 0.103. The third-order valence-corrected chi connectivity index (χ3v) is 3.36. The van der Waals surface area contributed by atoms with E-state index in [-0.39, 0.29) is 5.78 Å². The number of hydrogen-bond donors (Lipinski definition) is 0. The summed E-state index contributed by atoms with van der Waals surface area (Å²) in [6.07, 6.45) is 0.